The lowest BCUT2D eigenvalue weighted by Gasteiger charge is -2.35. The van der Waals surface area contributed by atoms with Crippen molar-refractivity contribution in [3.8, 4) is 27.9 Å². The first kappa shape index (κ1) is 33.3. The maximum Gasteiger partial charge on any atom is 0.0561 e. The van der Waals surface area contributed by atoms with Gasteiger partial charge in [-0.25, -0.2) is 0 Å². The largest absolute Gasteiger partial charge is 0.310 e. The molecule has 1 aromatic heterocycles. The molecule has 0 N–H and O–H groups in total. The Morgan fingerprint density at radius 3 is 1.75 bits per heavy atom. The molecule has 10 aromatic carbocycles. The molecule has 1 aliphatic rings. The minimum Gasteiger partial charge on any atom is -0.310 e. The third-order valence-corrected chi connectivity index (χ3v) is 12.1. The monoisotopic (exact) mass is 751 g/mol. The third kappa shape index (κ3) is 5.22. The van der Waals surface area contributed by atoms with Crippen LogP contribution in [0.5, 0.6) is 0 Å². The number of anilines is 6. The fourth-order valence-electron chi connectivity index (χ4n) is 9.52. The summed E-state index contributed by atoms with van der Waals surface area (Å²) < 4.78 is 2.39. The topological polar surface area (TPSA) is 11.4 Å². The summed E-state index contributed by atoms with van der Waals surface area (Å²) in [6.45, 7) is 0. The molecular formula is C56H37N3. The number of aromatic nitrogens is 1. The lowest BCUT2D eigenvalue weighted by Crippen LogP contribution is -2.17. The maximum absolute atomic E-state index is 2.47. The van der Waals surface area contributed by atoms with Gasteiger partial charge in [-0.15, -0.1) is 0 Å². The van der Waals surface area contributed by atoms with Crippen molar-refractivity contribution in [1.82, 2.24) is 4.57 Å². The molecule has 0 bridgehead atoms. The van der Waals surface area contributed by atoms with Crippen molar-refractivity contribution in [2.45, 2.75) is 0 Å². The first-order valence-corrected chi connectivity index (χ1v) is 20.3. The Balaban J connectivity index is 1.14. The van der Waals surface area contributed by atoms with E-state index in [2.05, 4.69) is 239 Å². The van der Waals surface area contributed by atoms with Gasteiger partial charge in [0, 0.05) is 49.9 Å². The molecule has 12 rings (SSSR count). The van der Waals surface area contributed by atoms with Crippen LogP contribution in [0.3, 0.4) is 0 Å². The van der Waals surface area contributed by atoms with Gasteiger partial charge in [-0.05, 0) is 100 Å². The number of para-hydroxylation sites is 3. The molecular weight excluding hydrogens is 715 g/mol. The van der Waals surface area contributed by atoms with Gasteiger partial charge in [-0.1, -0.05) is 152 Å². The maximum atomic E-state index is 2.47. The van der Waals surface area contributed by atoms with E-state index in [0.29, 0.717) is 0 Å². The van der Waals surface area contributed by atoms with Gasteiger partial charge in [0.2, 0.25) is 0 Å². The standard InChI is InChI=1S/C56H37N3/c1-4-16-38(17-5-1)44-33-35-52(46-25-11-10-24-45(44)46)57(42-31-34-53-50(36-42)47-26-12-13-28-51(47)58(53)40-20-6-2-7-21-40)43-30-32-48-49-27-14-18-39-19-15-29-54(56(39)49)59(55(48)37-43)41-22-8-3-9-23-41/h1-37H. The van der Waals surface area contributed by atoms with Crippen LogP contribution in [0, 0.1) is 0 Å². The average molecular weight is 752 g/mol. The van der Waals surface area contributed by atoms with Crippen LogP contribution < -0.4 is 9.80 Å². The Labute approximate surface area is 342 Å². The van der Waals surface area contributed by atoms with E-state index in [1.54, 1.807) is 0 Å². The first-order valence-electron chi connectivity index (χ1n) is 20.3. The van der Waals surface area contributed by atoms with Crippen molar-refractivity contribution < 1.29 is 0 Å². The molecule has 0 aliphatic carbocycles. The minimum absolute atomic E-state index is 1.08. The second-order valence-electron chi connectivity index (χ2n) is 15.3. The highest BCUT2D eigenvalue weighted by molar-refractivity contribution is 6.15. The molecule has 0 unspecified atom stereocenters. The van der Waals surface area contributed by atoms with Crippen LogP contribution in [0.15, 0.2) is 224 Å². The van der Waals surface area contributed by atoms with Crippen LogP contribution in [0.2, 0.25) is 0 Å². The van der Waals surface area contributed by atoms with Crippen molar-refractivity contribution in [3.05, 3.63) is 224 Å². The predicted molar refractivity (Wildman–Crippen MR) is 250 cm³/mol. The van der Waals surface area contributed by atoms with Crippen LogP contribution >= 0.6 is 0 Å². The lowest BCUT2D eigenvalue weighted by molar-refractivity contribution is 1.18. The molecule has 59 heavy (non-hydrogen) atoms. The van der Waals surface area contributed by atoms with Crippen LogP contribution in [0.4, 0.5) is 34.1 Å². The van der Waals surface area contributed by atoms with Crippen molar-refractivity contribution in [1.29, 1.82) is 0 Å². The van der Waals surface area contributed by atoms with E-state index in [4.69, 9.17) is 0 Å². The molecule has 0 atom stereocenters. The number of benzene rings is 10. The zero-order valence-electron chi connectivity index (χ0n) is 32.2. The molecule has 1 aliphatic heterocycles. The predicted octanol–water partition coefficient (Wildman–Crippen LogP) is 15.7. The summed E-state index contributed by atoms with van der Waals surface area (Å²) in [4.78, 5) is 4.91. The number of nitrogens with zero attached hydrogens (tertiary/aromatic N) is 3. The van der Waals surface area contributed by atoms with E-state index >= 15 is 0 Å². The second kappa shape index (κ2) is 13.4. The molecule has 3 nitrogen and oxygen atoms in total. The lowest BCUT2D eigenvalue weighted by atomic mass is 9.90. The highest BCUT2D eigenvalue weighted by atomic mass is 15.2. The Kier molecular flexibility index (Phi) is 7.54. The summed E-state index contributed by atoms with van der Waals surface area (Å²) in [5.41, 5.74) is 15.2. The molecule has 2 heterocycles. The summed E-state index contributed by atoms with van der Waals surface area (Å²) in [5, 5.41) is 7.36. The zero-order chi connectivity index (χ0) is 38.9. The van der Waals surface area contributed by atoms with Crippen LogP contribution in [0.1, 0.15) is 0 Å². The summed E-state index contributed by atoms with van der Waals surface area (Å²) in [6, 6.07) is 81.8. The fourth-order valence-corrected chi connectivity index (χ4v) is 9.52. The smallest absolute Gasteiger partial charge is 0.0561 e. The van der Waals surface area contributed by atoms with E-state index in [1.165, 1.54) is 71.3 Å². The Morgan fingerprint density at radius 1 is 0.339 bits per heavy atom. The molecule has 3 heteroatoms. The number of hydrogen-bond acceptors (Lipinski definition) is 2. The van der Waals surface area contributed by atoms with Gasteiger partial charge in [-0.2, -0.15) is 0 Å². The van der Waals surface area contributed by atoms with Gasteiger partial charge >= 0.3 is 0 Å². The van der Waals surface area contributed by atoms with E-state index in [9.17, 15) is 0 Å². The summed E-state index contributed by atoms with van der Waals surface area (Å²) in [6.07, 6.45) is 0. The highest BCUT2D eigenvalue weighted by Crippen LogP contribution is 2.53. The minimum atomic E-state index is 1.08. The summed E-state index contributed by atoms with van der Waals surface area (Å²) >= 11 is 0. The van der Waals surface area contributed by atoms with Crippen LogP contribution in [0.25, 0.3) is 71.3 Å². The van der Waals surface area contributed by atoms with Crippen molar-refractivity contribution >= 4 is 77.5 Å². The SMILES string of the molecule is c1ccc(-c2ccc(N(c3ccc4c(c3)N(c3ccccc3)c3cccc5cccc-4c35)c3ccc4c(c3)c3ccccc3n4-c3ccccc3)c3ccccc23)cc1. The van der Waals surface area contributed by atoms with Crippen LogP contribution in [-0.4, -0.2) is 4.57 Å². The normalized spacial score (nSPS) is 12.0. The van der Waals surface area contributed by atoms with Crippen molar-refractivity contribution in [2.24, 2.45) is 0 Å². The molecule has 0 radical (unpaired) electrons. The van der Waals surface area contributed by atoms with Crippen molar-refractivity contribution in [3.63, 3.8) is 0 Å². The third-order valence-electron chi connectivity index (χ3n) is 12.1. The average Bonchev–Trinajstić information content (AvgIpc) is 3.64. The number of hydrogen-bond donors (Lipinski definition) is 0. The molecule has 0 saturated carbocycles. The number of fused-ring (bicyclic) bond motifs is 6. The van der Waals surface area contributed by atoms with Gasteiger partial charge in [0.1, 0.15) is 0 Å². The van der Waals surface area contributed by atoms with E-state index in [-0.39, 0.29) is 0 Å². The molecule has 0 spiro atoms. The van der Waals surface area contributed by atoms with E-state index in [1.807, 2.05) is 0 Å². The molecule has 0 saturated heterocycles. The van der Waals surface area contributed by atoms with Crippen LogP contribution in [-0.2, 0) is 0 Å². The Hall–Kier alpha value is -7.88. The van der Waals surface area contributed by atoms with E-state index in [0.717, 1.165) is 34.1 Å². The summed E-state index contributed by atoms with van der Waals surface area (Å²) in [7, 11) is 0. The first-order chi connectivity index (χ1) is 29.3. The van der Waals surface area contributed by atoms with Gasteiger partial charge in [0.05, 0.1) is 28.1 Å². The van der Waals surface area contributed by atoms with E-state index < -0.39 is 0 Å². The van der Waals surface area contributed by atoms with Gasteiger partial charge in [0.15, 0.2) is 0 Å². The van der Waals surface area contributed by atoms with Gasteiger partial charge < -0.3 is 14.4 Å². The second-order valence-corrected chi connectivity index (χ2v) is 15.3. The Bertz CT molecular complexity index is 3380. The molecule has 11 aromatic rings. The van der Waals surface area contributed by atoms with Crippen molar-refractivity contribution in [2.75, 3.05) is 9.80 Å². The summed E-state index contributed by atoms with van der Waals surface area (Å²) in [5.74, 6) is 0. The molecule has 0 amide bonds. The zero-order valence-corrected chi connectivity index (χ0v) is 32.2. The van der Waals surface area contributed by atoms with Gasteiger partial charge in [-0.3, -0.25) is 0 Å². The fraction of sp³-hybridized carbons (Fsp3) is 0. The highest BCUT2D eigenvalue weighted by Gasteiger charge is 2.28. The molecule has 0 fully saturated rings. The number of rotatable bonds is 6. The van der Waals surface area contributed by atoms with Gasteiger partial charge in [0.25, 0.3) is 0 Å². The Morgan fingerprint density at radius 2 is 0.949 bits per heavy atom. The quantitative estimate of drug-likeness (QED) is 0.168. The molecule has 276 valence electrons.